The van der Waals surface area contributed by atoms with Crippen molar-refractivity contribution in [3.8, 4) is 28.1 Å². The maximum atomic E-state index is 15.3. The number of aryl methyl sites for hydroxylation is 1. The van der Waals surface area contributed by atoms with E-state index in [4.69, 9.17) is 23.9 Å². The Balaban J connectivity index is 1.22. The molecule has 0 bridgehead atoms. The van der Waals surface area contributed by atoms with Crippen LogP contribution in [0.5, 0.6) is 17.5 Å². The number of rotatable bonds is 7. The minimum Gasteiger partial charge on any atom is -0.483 e. The molecule has 1 aliphatic rings. The zero-order valence-corrected chi connectivity index (χ0v) is 24.0. The molecular formula is C30H28FN5O5S. The third-order valence-electron chi connectivity index (χ3n) is 7.02. The average Bonchev–Trinajstić information content (AvgIpc) is 3.40. The van der Waals surface area contributed by atoms with Gasteiger partial charge in [-0.15, -0.1) is 11.3 Å². The van der Waals surface area contributed by atoms with Gasteiger partial charge < -0.3 is 18.9 Å². The molecule has 0 unspecified atom stereocenters. The molecule has 216 valence electrons. The average molecular weight is 590 g/mol. The number of aromatic nitrogens is 4. The first kappa shape index (κ1) is 27.6. The van der Waals surface area contributed by atoms with Gasteiger partial charge in [0, 0.05) is 23.8 Å². The van der Waals surface area contributed by atoms with E-state index in [1.54, 1.807) is 31.5 Å². The lowest BCUT2D eigenvalue weighted by atomic mass is 9.94. The van der Waals surface area contributed by atoms with Crippen molar-refractivity contribution in [2.45, 2.75) is 44.8 Å². The highest BCUT2D eigenvalue weighted by atomic mass is 32.1. The lowest BCUT2D eigenvalue weighted by molar-refractivity contribution is -0.00440. The van der Waals surface area contributed by atoms with Crippen molar-refractivity contribution in [2.75, 3.05) is 19.5 Å². The fourth-order valence-electron chi connectivity index (χ4n) is 5.00. The minimum absolute atomic E-state index is 0.0941. The van der Waals surface area contributed by atoms with Crippen LogP contribution in [0.15, 0.2) is 48.8 Å². The van der Waals surface area contributed by atoms with Gasteiger partial charge in [-0.2, -0.15) is 0 Å². The molecule has 0 spiro atoms. The molecule has 10 nitrogen and oxygen atoms in total. The molecule has 1 N–H and O–H groups in total. The quantitative estimate of drug-likeness (QED) is 0.221. The van der Waals surface area contributed by atoms with Crippen molar-refractivity contribution in [2.24, 2.45) is 0 Å². The number of anilines is 1. The van der Waals surface area contributed by atoms with Gasteiger partial charge in [0.05, 0.1) is 53.6 Å². The number of fused-ring (bicyclic) bond motifs is 2. The lowest BCUT2D eigenvalue weighted by Crippen LogP contribution is -2.39. The summed E-state index contributed by atoms with van der Waals surface area (Å²) < 4.78 is 38.2. The number of hydrogen-bond donors (Lipinski definition) is 1. The maximum absolute atomic E-state index is 15.3. The maximum Gasteiger partial charge on any atom is 0.412 e. The number of carbonyl (C=O) groups is 1. The Morgan fingerprint density at radius 2 is 1.76 bits per heavy atom. The van der Waals surface area contributed by atoms with Crippen LogP contribution in [-0.2, 0) is 4.74 Å². The first-order chi connectivity index (χ1) is 20.4. The predicted octanol–water partition coefficient (Wildman–Crippen LogP) is 6.70. The van der Waals surface area contributed by atoms with E-state index in [9.17, 15) is 4.79 Å². The summed E-state index contributed by atoms with van der Waals surface area (Å²) in [5.41, 5.74) is 4.16. The Morgan fingerprint density at radius 3 is 2.52 bits per heavy atom. The van der Waals surface area contributed by atoms with Crippen LogP contribution in [-0.4, -0.2) is 52.5 Å². The van der Waals surface area contributed by atoms with Crippen molar-refractivity contribution in [1.29, 1.82) is 0 Å². The molecule has 5 aromatic rings. The normalized spacial score (nSPS) is 16.8. The second-order valence-corrected chi connectivity index (χ2v) is 11.0. The summed E-state index contributed by atoms with van der Waals surface area (Å²) in [7, 11) is 3.06. The molecular weight excluding hydrogens is 561 g/mol. The number of ether oxygens (including phenoxy) is 4. The van der Waals surface area contributed by atoms with Crippen LogP contribution in [0.2, 0.25) is 0 Å². The first-order valence-electron chi connectivity index (χ1n) is 13.5. The number of nitrogens with one attached hydrogen (secondary N) is 1. The number of thiazole rings is 1. The number of hydrogen-bond acceptors (Lipinski definition) is 10. The summed E-state index contributed by atoms with van der Waals surface area (Å²) in [6.45, 7) is 1.97. The molecule has 0 radical (unpaired) electrons. The molecule has 6 rings (SSSR count). The predicted molar refractivity (Wildman–Crippen MR) is 157 cm³/mol. The van der Waals surface area contributed by atoms with E-state index in [0.717, 1.165) is 28.7 Å². The van der Waals surface area contributed by atoms with Gasteiger partial charge in [0.15, 0.2) is 11.6 Å². The Kier molecular flexibility index (Phi) is 7.70. The van der Waals surface area contributed by atoms with Crippen LogP contribution in [0.4, 0.5) is 14.9 Å². The summed E-state index contributed by atoms with van der Waals surface area (Å²) in [5, 5.41) is 3.36. The molecule has 0 saturated heterocycles. The Labute approximate surface area is 244 Å². The summed E-state index contributed by atoms with van der Waals surface area (Å²) in [4.78, 5) is 30.5. The van der Waals surface area contributed by atoms with Crippen molar-refractivity contribution in [1.82, 2.24) is 19.9 Å². The van der Waals surface area contributed by atoms with Crippen LogP contribution in [0.1, 0.15) is 31.2 Å². The summed E-state index contributed by atoms with van der Waals surface area (Å²) in [6.07, 6.45) is 4.38. The second-order valence-electron chi connectivity index (χ2n) is 9.96. The van der Waals surface area contributed by atoms with Gasteiger partial charge in [-0.3, -0.25) is 5.32 Å². The van der Waals surface area contributed by atoms with Crippen LogP contribution >= 0.6 is 11.3 Å². The number of methoxy groups -OCH3 is 2. The van der Waals surface area contributed by atoms with E-state index in [0.29, 0.717) is 51.8 Å². The molecule has 1 aliphatic carbocycles. The fourth-order valence-corrected chi connectivity index (χ4v) is 5.99. The minimum atomic E-state index is -0.628. The second kappa shape index (κ2) is 11.7. The lowest BCUT2D eigenvalue weighted by Gasteiger charge is -2.31. The number of nitrogens with zero attached hydrogens (tertiary/aromatic N) is 4. The van der Waals surface area contributed by atoms with Gasteiger partial charge in [-0.05, 0) is 56.4 Å². The van der Waals surface area contributed by atoms with E-state index < -0.39 is 24.1 Å². The molecule has 1 amide bonds. The Bertz CT molecular complexity index is 1760. The van der Waals surface area contributed by atoms with Gasteiger partial charge in [0.1, 0.15) is 17.2 Å². The van der Waals surface area contributed by atoms with Crippen molar-refractivity contribution >= 4 is 44.4 Å². The number of halogens is 1. The summed E-state index contributed by atoms with van der Waals surface area (Å²) >= 11 is 1.42. The van der Waals surface area contributed by atoms with E-state index in [1.165, 1.54) is 30.7 Å². The zero-order chi connectivity index (χ0) is 29.2. The number of amides is 1. The van der Waals surface area contributed by atoms with Crippen molar-refractivity contribution < 1.29 is 28.1 Å². The van der Waals surface area contributed by atoms with Crippen LogP contribution in [0.3, 0.4) is 0 Å². The smallest absolute Gasteiger partial charge is 0.412 e. The molecule has 2 atom stereocenters. The topological polar surface area (TPSA) is 118 Å². The fraction of sp³-hybridized carbons (Fsp3) is 0.300. The monoisotopic (exact) mass is 589 g/mol. The first-order valence-corrected chi connectivity index (χ1v) is 14.3. The number of carbonyl (C=O) groups excluding carboxylic acids is 1. The largest absolute Gasteiger partial charge is 0.483 e. The summed E-state index contributed by atoms with van der Waals surface area (Å²) in [6, 6.07) is 10.3. The third-order valence-corrected chi connectivity index (χ3v) is 8.07. The van der Waals surface area contributed by atoms with Gasteiger partial charge >= 0.3 is 6.09 Å². The van der Waals surface area contributed by atoms with Crippen molar-refractivity contribution in [3.63, 3.8) is 0 Å². The van der Waals surface area contributed by atoms with Gasteiger partial charge in [-0.1, -0.05) is 0 Å². The van der Waals surface area contributed by atoms with Gasteiger partial charge in [0.2, 0.25) is 11.8 Å². The molecule has 3 heterocycles. The van der Waals surface area contributed by atoms with Crippen LogP contribution < -0.4 is 19.5 Å². The molecule has 0 aliphatic heterocycles. The van der Waals surface area contributed by atoms with E-state index in [-0.39, 0.29) is 5.75 Å². The Hall–Kier alpha value is -4.58. The van der Waals surface area contributed by atoms with Crippen molar-refractivity contribution in [3.05, 3.63) is 60.2 Å². The van der Waals surface area contributed by atoms with Gasteiger partial charge in [0.25, 0.3) is 0 Å². The molecule has 42 heavy (non-hydrogen) atoms. The molecule has 2 aromatic carbocycles. The molecule has 12 heteroatoms. The third kappa shape index (κ3) is 5.75. The van der Waals surface area contributed by atoms with Gasteiger partial charge in [-0.25, -0.2) is 29.1 Å². The molecule has 3 aromatic heterocycles. The summed E-state index contributed by atoms with van der Waals surface area (Å²) in [5.74, 6) is 0.420. The van der Waals surface area contributed by atoms with Crippen LogP contribution in [0, 0.1) is 12.7 Å². The highest BCUT2D eigenvalue weighted by Crippen LogP contribution is 2.38. The number of pyridine rings is 1. The Morgan fingerprint density at radius 1 is 0.952 bits per heavy atom. The standard InChI is InChI=1S/C30H28FN5O5S/c1-16-10-18(28-21(11-16)35-27(39-3)15-33-28)29-36-20-12-19(31)24(13-25(20)42-29)40-22-6-4-5-7-23(22)41-30(37)34-17-8-9-26(38-2)32-14-17/h8-15,22-23H,4-7H2,1-3H3,(H,34,37)/t22-,23-/m1/s1. The van der Waals surface area contributed by atoms with Crippen LogP contribution in [0.25, 0.3) is 31.8 Å². The highest BCUT2D eigenvalue weighted by Gasteiger charge is 2.31. The van der Waals surface area contributed by atoms with E-state index in [2.05, 4.69) is 20.3 Å². The van der Waals surface area contributed by atoms with E-state index in [1.807, 2.05) is 19.1 Å². The molecule has 1 fully saturated rings. The van der Waals surface area contributed by atoms with E-state index >= 15 is 4.39 Å². The zero-order valence-electron chi connectivity index (χ0n) is 23.2. The molecule has 1 saturated carbocycles. The number of benzene rings is 2. The SMILES string of the molecule is COc1ccc(NC(=O)O[C@@H]2CCCC[C@H]2Oc2cc3sc(-c4cc(C)cc5nc(OC)cnc45)nc3cc2F)cn1. The highest BCUT2D eigenvalue weighted by molar-refractivity contribution is 7.21.